The van der Waals surface area contributed by atoms with E-state index >= 15 is 0 Å². The van der Waals surface area contributed by atoms with Crippen molar-refractivity contribution in [1.82, 2.24) is 4.90 Å². The number of ether oxygens (including phenoxy) is 1. The third-order valence-corrected chi connectivity index (χ3v) is 7.12. The molecule has 3 aromatic rings. The van der Waals surface area contributed by atoms with E-state index in [-0.39, 0.29) is 36.1 Å². The van der Waals surface area contributed by atoms with Gasteiger partial charge in [-0.1, -0.05) is 73.4 Å². The fourth-order valence-electron chi connectivity index (χ4n) is 3.72. The fraction of sp³-hybridized carbons (Fsp3) is 0.179. The standard InChI is InChI=1S/C28H24Cl2N2O4S/c1-17(2)22-5-3-4-6-24(22)31-26(33)16-36-21-11-7-18(8-12-21)13-25-27(34)32(28(35)37-25)15-19-9-10-20(29)14-23(19)30/h3-14,17H,15-16H2,1-2H3,(H,31,33)/b25-13-. The Balaban J connectivity index is 1.35. The second-order valence-corrected chi connectivity index (χ2v) is 10.5. The van der Waals surface area contributed by atoms with Gasteiger partial charge in [0.15, 0.2) is 6.61 Å². The van der Waals surface area contributed by atoms with Crippen LogP contribution in [0.2, 0.25) is 10.0 Å². The number of amides is 3. The quantitative estimate of drug-likeness (QED) is 0.294. The van der Waals surface area contributed by atoms with E-state index in [1.807, 2.05) is 24.3 Å². The van der Waals surface area contributed by atoms with Crippen LogP contribution in [0.15, 0.2) is 71.6 Å². The number of nitrogens with one attached hydrogen (secondary N) is 1. The molecule has 37 heavy (non-hydrogen) atoms. The smallest absolute Gasteiger partial charge is 0.293 e. The lowest BCUT2D eigenvalue weighted by Gasteiger charge is -2.14. The summed E-state index contributed by atoms with van der Waals surface area (Å²) in [6.45, 7) is 4.06. The van der Waals surface area contributed by atoms with Gasteiger partial charge < -0.3 is 10.1 Å². The van der Waals surface area contributed by atoms with Gasteiger partial charge in [-0.15, -0.1) is 0 Å². The van der Waals surface area contributed by atoms with Gasteiger partial charge in [-0.05, 0) is 70.8 Å². The number of carbonyl (C=O) groups excluding carboxylic acids is 3. The van der Waals surface area contributed by atoms with E-state index in [0.29, 0.717) is 26.3 Å². The van der Waals surface area contributed by atoms with Crippen molar-refractivity contribution in [3.8, 4) is 5.75 Å². The van der Waals surface area contributed by atoms with Gasteiger partial charge in [-0.3, -0.25) is 19.3 Å². The van der Waals surface area contributed by atoms with Crippen LogP contribution in [0.25, 0.3) is 6.08 Å². The molecular weight excluding hydrogens is 531 g/mol. The molecule has 0 unspecified atom stereocenters. The van der Waals surface area contributed by atoms with Gasteiger partial charge >= 0.3 is 0 Å². The number of para-hydroxylation sites is 1. The van der Waals surface area contributed by atoms with Crippen molar-refractivity contribution in [2.24, 2.45) is 0 Å². The number of thioether (sulfide) groups is 1. The normalized spacial score (nSPS) is 14.5. The second kappa shape index (κ2) is 11.9. The highest BCUT2D eigenvalue weighted by Crippen LogP contribution is 2.34. The molecule has 1 saturated heterocycles. The van der Waals surface area contributed by atoms with Gasteiger partial charge in [-0.25, -0.2) is 0 Å². The maximum absolute atomic E-state index is 12.8. The molecule has 0 spiro atoms. The maximum Gasteiger partial charge on any atom is 0.293 e. The molecule has 0 radical (unpaired) electrons. The average molecular weight is 555 g/mol. The number of rotatable bonds is 8. The fourth-order valence-corrected chi connectivity index (χ4v) is 5.02. The summed E-state index contributed by atoms with van der Waals surface area (Å²) >= 11 is 13.0. The van der Waals surface area contributed by atoms with Crippen LogP contribution in [0.5, 0.6) is 5.75 Å². The number of hydrogen-bond donors (Lipinski definition) is 1. The highest BCUT2D eigenvalue weighted by molar-refractivity contribution is 8.18. The number of nitrogens with zero attached hydrogens (tertiary/aromatic N) is 1. The lowest BCUT2D eigenvalue weighted by Crippen LogP contribution is -2.27. The van der Waals surface area contributed by atoms with Gasteiger partial charge in [0, 0.05) is 15.7 Å². The molecule has 6 nitrogen and oxygen atoms in total. The molecule has 1 N–H and O–H groups in total. The van der Waals surface area contributed by atoms with E-state index in [1.54, 1.807) is 48.5 Å². The predicted octanol–water partition coefficient (Wildman–Crippen LogP) is 7.37. The number of halogens is 2. The van der Waals surface area contributed by atoms with Crippen molar-refractivity contribution in [3.63, 3.8) is 0 Å². The molecule has 0 atom stereocenters. The third kappa shape index (κ3) is 6.74. The third-order valence-electron chi connectivity index (χ3n) is 5.62. The van der Waals surface area contributed by atoms with Crippen molar-refractivity contribution in [1.29, 1.82) is 0 Å². The van der Waals surface area contributed by atoms with Crippen molar-refractivity contribution in [2.45, 2.75) is 26.3 Å². The first-order valence-electron chi connectivity index (χ1n) is 11.5. The summed E-state index contributed by atoms with van der Waals surface area (Å²) in [7, 11) is 0. The van der Waals surface area contributed by atoms with Crippen LogP contribution in [-0.4, -0.2) is 28.6 Å². The Morgan fingerprint density at radius 1 is 1.05 bits per heavy atom. The zero-order valence-electron chi connectivity index (χ0n) is 20.2. The van der Waals surface area contributed by atoms with E-state index in [1.165, 1.54) is 0 Å². The highest BCUT2D eigenvalue weighted by atomic mass is 35.5. The minimum absolute atomic E-state index is 0.0640. The van der Waals surface area contributed by atoms with Crippen molar-refractivity contribution < 1.29 is 19.1 Å². The first-order chi connectivity index (χ1) is 17.7. The van der Waals surface area contributed by atoms with Crippen LogP contribution < -0.4 is 10.1 Å². The molecule has 3 amide bonds. The zero-order chi connectivity index (χ0) is 26.5. The summed E-state index contributed by atoms with van der Waals surface area (Å²) < 4.78 is 5.62. The molecule has 4 rings (SSSR count). The SMILES string of the molecule is CC(C)c1ccccc1NC(=O)COc1ccc(/C=C2\SC(=O)N(Cc3ccc(Cl)cc3Cl)C2=O)cc1. The Morgan fingerprint density at radius 2 is 1.78 bits per heavy atom. The zero-order valence-corrected chi connectivity index (χ0v) is 22.5. The topological polar surface area (TPSA) is 75.7 Å². The van der Waals surface area contributed by atoms with Crippen LogP contribution in [-0.2, 0) is 16.1 Å². The summed E-state index contributed by atoms with van der Waals surface area (Å²) in [5, 5.41) is 3.40. The molecule has 1 heterocycles. The van der Waals surface area contributed by atoms with Crippen molar-refractivity contribution in [3.05, 3.63) is 98.4 Å². The summed E-state index contributed by atoms with van der Waals surface area (Å²) in [6, 6.07) is 19.5. The van der Waals surface area contributed by atoms with Gasteiger partial charge in [-0.2, -0.15) is 0 Å². The van der Waals surface area contributed by atoms with Crippen molar-refractivity contribution >= 4 is 63.8 Å². The van der Waals surface area contributed by atoms with Gasteiger partial charge in [0.1, 0.15) is 5.75 Å². The van der Waals surface area contributed by atoms with Crippen LogP contribution in [0.4, 0.5) is 10.5 Å². The van der Waals surface area contributed by atoms with Gasteiger partial charge in [0.05, 0.1) is 11.4 Å². The van der Waals surface area contributed by atoms with E-state index in [9.17, 15) is 14.4 Å². The summed E-state index contributed by atoms with van der Waals surface area (Å²) in [5.74, 6) is 0.142. The molecule has 1 aliphatic heterocycles. The molecule has 0 saturated carbocycles. The first-order valence-corrected chi connectivity index (χ1v) is 13.1. The van der Waals surface area contributed by atoms with Crippen LogP contribution in [0, 0.1) is 0 Å². The lowest BCUT2D eigenvalue weighted by molar-refractivity contribution is -0.123. The summed E-state index contributed by atoms with van der Waals surface area (Å²) in [6.07, 6.45) is 1.65. The Labute approximate surface area is 229 Å². The Hall–Kier alpha value is -3.26. The average Bonchev–Trinajstić information content (AvgIpc) is 3.12. The lowest BCUT2D eigenvalue weighted by atomic mass is 10.0. The monoisotopic (exact) mass is 554 g/mol. The van der Waals surface area contributed by atoms with Crippen LogP contribution in [0.3, 0.4) is 0 Å². The highest BCUT2D eigenvalue weighted by Gasteiger charge is 2.35. The Bertz CT molecular complexity index is 1370. The predicted molar refractivity (Wildman–Crippen MR) is 149 cm³/mol. The summed E-state index contributed by atoms with van der Waals surface area (Å²) in [4.78, 5) is 39.2. The minimum atomic E-state index is -0.389. The minimum Gasteiger partial charge on any atom is -0.484 e. The summed E-state index contributed by atoms with van der Waals surface area (Å²) in [5.41, 5.74) is 3.18. The van der Waals surface area contributed by atoms with E-state index in [2.05, 4.69) is 19.2 Å². The first kappa shape index (κ1) is 26.8. The largest absolute Gasteiger partial charge is 0.484 e. The molecule has 0 aromatic heterocycles. The maximum atomic E-state index is 12.8. The molecule has 190 valence electrons. The number of imide groups is 1. The van der Waals surface area contributed by atoms with E-state index in [0.717, 1.165) is 33.5 Å². The Kier molecular flexibility index (Phi) is 8.59. The second-order valence-electron chi connectivity index (χ2n) is 8.65. The van der Waals surface area contributed by atoms with Crippen molar-refractivity contribution in [2.75, 3.05) is 11.9 Å². The molecule has 0 bridgehead atoms. The van der Waals surface area contributed by atoms with Gasteiger partial charge in [0.2, 0.25) is 0 Å². The van der Waals surface area contributed by atoms with Gasteiger partial charge in [0.25, 0.3) is 17.1 Å². The number of anilines is 1. The molecular formula is C28H24Cl2N2O4S. The van der Waals surface area contributed by atoms with Crippen LogP contribution >= 0.6 is 35.0 Å². The molecule has 1 aliphatic rings. The number of carbonyl (C=O) groups is 3. The number of hydrogen-bond acceptors (Lipinski definition) is 5. The molecule has 1 fully saturated rings. The molecule has 3 aromatic carbocycles. The molecule has 9 heteroatoms. The van der Waals surface area contributed by atoms with E-state index < -0.39 is 0 Å². The van der Waals surface area contributed by atoms with Crippen LogP contribution in [0.1, 0.15) is 36.5 Å². The molecule has 0 aliphatic carbocycles. The van der Waals surface area contributed by atoms with E-state index in [4.69, 9.17) is 27.9 Å². The number of benzene rings is 3. The Morgan fingerprint density at radius 3 is 2.49 bits per heavy atom.